The van der Waals surface area contributed by atoms with Crippen LogP contribution in [0.4, 0.5) is 6.01 Å². The Hall–Kier alpha value is -1.63. The predicted molar refractivity (Wildman–Crippen MR) is 101 cm³/mol. The number of piperidine rings is 1. The number of halogens is 1. The maximum absolute atomic E-state index is 10.3. The lowest BCUT2D eigenvalue weighted by molar-refractivity contribution is 0.00982. The lowest BCUT2D eigenvalue weighted by Crippen LogP contribution is -2.50. The summed E-state index contributed by atoms with van der Waals surface area (Å²) in [6.07, 6.45) is 6.30. The van der Waals surface area contributed by atoms with Crippen molar-refractivity contribution in [1.29, 1.82) is 0 Å². The average molecular weight is 377 g/mol. The largest absolute Gasteiger partial charge is 0.391 e. The van der Waals surface area contributed by atoms with E-state index in [1.807, 2.05) is 24.3 Å². The molecular weight excluding hydrogens is 352 g/mol. The molecular formula is C19H25ClN4O2. The Morgan fingerprint density at radius 1 is 1.15 bits per heavy atom. The lowest BCUT2D eigenvalue weighted by Gasteiger charge is -2.41. The first-order chi connectivity index (χ1) is 12.7. The molecule has 0 bridgehead atoms. The summed E-state index contributed by atoms with van der Waals surface area (Å²) in [4.78, 5) is 6.89. The van der Waals surface area contributed by atoms with Crippen LogP contribution < -0.4 is 5.32 Å². The smallest absolute Gasteiger partial charge is 0.322 e. The summed E-state index contributed by atoms with van der Waals surface area (Å²) in [6, 6.07) is 8.54. The minimum atomic E-state index is -0.163. The monoisotopic (exact) mass is 376 g/mol. The van der Waals surface area contributed by atoms with E-state index in [-0.39, 0.29) is 6.10 Å². The second kappa shape index (κ2) is 7.94. The van der Waals surface area contributed by atoms with Crippen LogP contribution in [0.3, 0.4) is 0 Å². The zero-order chi connectivity index (χ0) is 17.9. The summed E-state index contributed by atoms with van der Waals surface area (Å²) < 4.78 is 5.35. The number of anilines is 1. The van der Waals surface area contributed by atoms with Crippen LogP contribution in [0, 0.1) is 0 Å². The maximum Gasteiger partial charge on any atom is 0.322 e. The molecule has 1 aliphatic heterocycles. The molecule has 1 aromatic heterocycles. The van der Waals surface area contributed by atoms with Crippen LogP contribution in [0.25, 0.3) is 11.4 Å². The molecule has 0 radical (unpaired) electrons. The van der Waals surface area contributed by atoms with Crippen molar-refractivity contribution in [3.63, 3.8) is 0 Å². The van der Waals surface area contributed by atoms with E-state index >= 15 is 0 Å². The number of hydrogen-bond donors (Lipinski definition) is 2. The minimum Gasteiger partial charge on any atom is -0.391 e. The first-order valence-electron chi connectivity index (χ1n) is 9.47. The molecule has 2 unspecified atom stereocenters. The minimum absolute atomic E-state index is 0.163. The Bertz CT molecular complexity index is 730. The molecule has 140 valence electrons. The van der Waals surface area contributed by atoms with Gasteiger partial charge in [0.1, 0.15) is 0 Å². The van der Waals surface area contributed by atoms with Gasteiger partial charge in [0, 0.05) is 35.8 Å². The van der Waals surface area contributed by atoms with E-state index in [1.54, 1.807) is 0 Å². The van der Waals surface area contributed by atoms with Gasteiger partial charge in [-0.1, -0.05) is 41.7 Å². The van der Waals surface area contributed by atoms with Gasteiger partial charge >= 0.3 is 6.01 Å². The molecule has 26 heavy (non-hydrogen) atoms. The molecule has 2 heterocycles. The highest BCUT2D eigenvalue weighted by molar-refractivity contribution is 6.30. The van der Waals surface area contributed by atoms with E-state index in [1.165, 1.54) is 6.42 Å². The molecule has 1 aromatic carbocycles. The Morgan fingerprint density at radius 3 is 2.73 bits per heavy atom. The fourth-order valence-corrected chi connectivity index (χ4v) is 4.28. The predicted octanol–water partition coefficient (Wildman–Crippen LogP) is 3.57. The molecule has 0 amide bonds. The molecule has 2 aromatic rings. The fourth-order valence-electron chi connectivity index (χ4n) is 4.09. The molecule has 1 saturated carbocycles. The first kappa shape index (κ1) is 17.8. The lowest BCUT2D eigenvalue weighted by atomic mass is 9.89. The third-order valence-electron chi connectivity index (χ3n) is 5.53. The number of nitrogens with one attached hydrogen (secondary N) is 1. The van der Waals surface area contributed by atoms with Crippen LogP contribution in [0.1, 0.15) is 38.5 Å². The summed E-state index contributed by atoms with van der Waals surface area (Å²) in [5.41, 5.74) is 0.843. The van der Waals surface area contributed by atoms with Gasteiger partial charge in [-0.3, -0.25) is 4.90 Å². The van der Waals surface area contributed by atoms with Gasteiger partial charge in [-0.05, 0) is 37.8 Å². The molecule has 0 spiro atoms. The molecule has 4 rings (SSSR count). The molecule has 7 heteroatoms. The molecule has 1 saturated heterocycles. The number of benzene rings is 1. The second-order valence-electron chi connectivity index (χ2n) is 7.31. The van der Waals surface area contributed by atoms with Crippen molar-refractivity contribution >= 4 is 17.6 Å². The summed E-state index contributed by atoms with van der Waals surface area (Å²) >= 11 is 6.02. The quantitative estimate of drug-likeness (QED) is 0.849. The van der Waals surface area contributed by atoms with Gasteiger partial charge in [0.05, 0.1) is 6.10 Å². The molecule has 6 nitrogen and oxygen atoms in total. The van der Waals surface area contributed by atoms with Crippen LogP contribution >= 0.6 is 11.6 Å². The van der Waals surface area contributed by atoms with Crippen molar-refractivity contribution in [3.05, 3.63) is 29.3 Å². The Labute approximate surface area is 158 Å². The number of aliphatic hydroxyl groups is 1. The van der Waals surface area contributed by atoms with Crippen molar-refractivity contribution in [2.24, 2.45) is 0 Å². The van der Waals surface area contributed by atoms with Gasteiger partial charge < -0.3 is 14.9 Å². The normalized spacial score (nSPS) is 25.3. The summed E-state index contributed by atoms with van der Waals surface area (Å²) in [6.45, 7) is 1.99. The molecule has 1 aliphatic carbocycles. The number of likely N-dealkylation sites (tertiary alicyclic amines) is 1. The fraction of sp³-hybridized carbons (Fsp3) is 0.579. The first-order valence-corrected chi connectivity index (χ1v) is 9.85. The highest BCUT2D eigenvalue weighted by Crippen LogP contribution is 2.27. The van der Waals surface area contributed by atoms with Gasteiger partial charge in [-0.2, -0.15) is 4.98 Å². The standard InChI is InChI=1S/C19H25ClN4O2/c20-14-5-3-4-13(12-14)18-22-19(26-23-18)21-15-8-10-24(11-9-15)16-6-1-2-7-17(16)25/h3-5,12,15-17,25H,1-2,6-11H2,(H,21,22,23). The second-order valence-corrected chi connectivity index (χ2v) is 7.74. The van der Waals surface area contributed by atoms with Crippen LogP contribution in [0.5, 0.6) is 0 Å². The molecule has 2 fully saturated rings. The van der Waals surface area contributed by atoms with E-state index in [9.17, 15) is 5.11 Å². The number of nitrogens with zero attached hydrogens (tertiary/aromatic N) is 3. The summed E-state index contributed by atoms with van der Waals surface area (Å²) in [5, 5.41) is 18.3. The van der Waals surface area contributed by atoms with Crippen LogP contribution in [0.15, 0.2) is 28.8 Å². The summed E-state index contributed by atoms with van der Waals surface area (Å²) in [7, 11) is 0. The van der Waals surface area contributed by atoms with Crippen molar-refractivity contribution in [2.75, 3.05) is 18.4 Å². The summed E-state index contributed by atoms with van der Waals surface area (Å²) in [5.74, 6) is 0.540. The maximum atomic E-state index is 10.3. The Morgan fingerprint density at radius 2 is 1.96 bits per heavy atom. The van der Waals surface area contributed by atoms with Crippen molar-refractivity contribution in [2.45, 2.75) is 56.7 Å². The van der Waals surface area contributed by atoms with Crippen LogP contribution in [-0.2, 0) is 0 Å². The highest BCUT2D eigenvalue weighted by atomic mass is 35.5. The highest BCUT2D eigenvalue weighted by Gasteiger charge is 2.31. The van der Waals surface area contributed by atoms with E-state index in [4.69, 9.17) is 16.1 Å². The van der Waals surface area contributed by atoms with E-state index in [2.05, 4.69) is 20.4 Å². The van der Waals surface area contributed by atoms with E-state index in [0.29, 0.717) is 28.9 Å². The van der Waals surface area contributed by atoms with Gasteiger partial charge in [-0.25, -0.2) is 0 Å². The van der Waals surface area contributed by atoms with Gasteiger partial charge in [0.25, 0.3) is 0 Å². The van der Waals surface area contributed by atoms with Crippen molar-refractivity contribution in [1.82, 2.24) is 15.0 Å². The van der Waals surface area contributed by atoms with E-state index in [0.717, 1.165) is 50.8 Å². The topological polar surface area (TPSA) is 74.4 Å². The SMILES string of the molecule is OC1CCCCC1N1CCC(Nc2nc(-c3cccc(Cl)c3)no2)CC1. The Balaban J connectivity index is 1.32. The zero-order valence-electron chi connectivity index (χ0n) is 14.8. The zero-order valence-corrected chi connectivity index (χ0v) is 15.5. The van der Waals surface area contributed by atoms with Gasteiger partial charge in [0.2, 0.25) is 5.82 Å². The van der Waals surface area contributed by atoms with Crippen LogP contribution in [-0.4, -0.2) is 51.4 Å². The number of hydrogen-bond acceptors (Lipinski definition) is 6. The van der Waals surface area contributed by atoms with Crippen LogP contribution in [0.2, 0.25) is 5.02 Å². The number of rotatable bonds is 4. The number of aromatic nitrogens is 2. The third kappa shape index (κ3) is 4.03. The third-order valence-corrected chi connectivity index (χ3v) is 5.76. The van der Waals surface area contributed by atoms with Crippen molar-refractivity contribution < 1.29 is 9.63 Å². The molecule has 2 atom stereocenters. The van der Waals surface area contributed by atoms with Crippen molar-refractivity contribution in [3.8, 4) is 11.4 Å². The van der Waals surface area contributed by atoms with Gasteiger partial charge in [0.15, 0.2) is 0 Å². The molecule has 2 N–H and O–H groups in total. The van der Waals surface area contributed by atoms with E-state index < -0.39 is 0 Å². The average Bonchev–Trinajstić information content (AvgIpc) is 3.12. The van der Waals surface area contributed by atoms with Gasteiger partial charge in [-0.15, -0.1) is 0 Å². The number of aliphatic hydroxyl groups excluding tert-OH is 1. The molecule has 2 aliphatic rings. The Kier molecular flexibility index (Phi) is 5.43.